The fourth-order valence-electron chi connectivity index (χ4n) is 3.86. The maximum absolute atomic E-state index is 5.47. The van der Waals surface area contributed by atoms with Crippen LogP contribution in [0.2, 0.25) is 0 Å². The van der Waals surface area contributed by atoms with Crippen LogP contribution in [0.3, 0.4) is 0 Å². The van der Waals surface area contributed by atoms with Crippen molar-refractivity contribution in [2.45, 2.75) is 32.9 Å². The molecule has 0 spiro atoms. The zero-order valence-electron chi connectivity index (χ0n) is 18.6. The Bertz CT molecular complexity index is 628. The fraction of sp³-hybridized carbons (Fsp3) is 0.696. The molecule has 7 heteroatoms. The lowest BCUT2D eigenvalue weighted by Gasteiger charge is -2.27. The van der Waals surface area contributed by atoms with Crippen LogP contribution in [0.15, 0.2) is 29.3 Å². The molecule has 0 radical (unpaired) electrons. The molecule has 7 nitrogen and oxygen atoms in total. The molecular weight excluding hydrogens is 378 g/mol. The van der Waals surface area contributed by atoms with Gasteiger partial charge in [0.05, 0.1) is 33.0 Å². The van der Waals surface area contributed by atoms with Crippen LogP contribution >= 0.6 is 0 Å². The van der Waals surface area contributed by atoms with Gasteiger partial charge in [-0.1, -0.05) is 24.3 Å². The van der Waals surface area contributed by atoms with Gasteiger partial charge in [-0.15, -0.1) is 0 Å². The van der Waals surface area contributed by atoms with Crippen LogP contribution < -0.4 is 10.6 Å². The van der Waals surface area contributed by atoms with Gasteiger partial charge in [-0.25, -0.2) is 4.99 Å². The van der Waals surface area contributed by atoms with Crippen molar-refractivity contribution >= 4 is 5.96 Å². The Kier molecular flexibility index (Phi) is 10.4. The van der Waals surface area contributed by atoms with Crippen molar-refractivity contribution < 1.29 is 9.47 Å². The van der Waals surface area contributed by atoms with Crippen LogP contribution in [0.4, 0.5) is 0 Å². The number of hydrogen-bond acceptors (Lipinski definition) is 5. The summed E-state index contributed by atoms with van der Waals surface area (Å²) in [5, 5.41) is 6.88. The maximum Gasteiger partial charge on any atom is 0.191 e. The van der Waals surface area contributed by atoms with Gasteiger partial charge < -0.3 is 20.1 Å². The van der Waals surface area contributed by atoms with E-state index in [1.165, 1.54) is 17.5 Å². The van der Waals surface area contributed by atoms with Crippen LogP contribution in [0.25, 0.3) is 0 Å². The van der Waals surface area contributed by atoms with Crippen LogP contribution in [-0.2, 0) is 22.6 Å². The molecule has 0 bridgehead atoms. The molecular formula is C23H39N5O2. The van der Waals surface area contributed by atoms with Crippen molar-refractivity contribution in [1.82, 2.24) is 20.4 Å². The number of unbranched alkanes of at least 4 members (excludes halogenated alkanes) is 1. The van der Waals surface area contributed by atoms with Gasteiger partial charge >= 0.3 is 0 Å². The minimum atomic E-state index is 0.698. The second kappa shape index (κ2) is 13.6. The average molecular weight is 418 g/mol. The largest absolute Gasteiger partial charge is 0.379 e. The van der Waals surface area contributed by atoms with E-state index in [0.717, 1.165) is 91.2 Å². The van der Waals surface area contributed by atoms with E-state index in [1.807, 2.05) is 0 Å². The van der Waals surface area contributed by atoms with Gasteiger partial charge in [0.15, 0.2) is 5.96 Å². The third-order valence-corrected chi connectivity index (χ3v) is 5.67. The quantitative estimate of drug-likeness (QED) is 0.343. The van der Waals surface area contributed by atoms with Crippen LogP contribution in [0.5, 0.6) is 0 Å². The van der Waals surface area contributed by atoms with E-state index < -0.39 is 0 Å². The maximum atomic E-state index is 5.47. The minimum absolute atomic E-state index is 0.698. The number of ether oxygens (including phenoxy) is 2. The average Bonchev–Trinajstić information content (AvgIpc) is 2.79. The van der Waals surface area contributed by atoms with Gasteiger partial charge in [0.2, 0.25) is 0 Å². The lowest BCUT2D eigenvalue weighted by molar-refractivity contribution is 0.0341. The summed E-state index contributed by atoms with van der Waals surface area (Å²) in [6.45, 7) is 14.3. The van der Waals surface area contributed by atoms with Crippen molar-refractivity contribution in [3.05, 3.63) is 35.4 Å². The highest BCUT2D eigenvalue weighted by Crippen LogP contribution is 2.14. The topological polar surface area (TPSA) is 61.4 Å². The lowest BCUT2D eigenvalue weighted by atomic mass is 10.1. The molecule has 0 aromatic heterocycles. The van der Waals surface area contributed by atoms with Gasteiger partial charge in [-0.05, 0) is 37.4 Å². The number of aliphatic imine (C=N–C) groups is 1. The van der Waals surface area contributed by atoms with Gasteiger partial charge in [-0.3, -0.25) is 9.80 Å². The predicted octanol–water partition coefficient (Wildman–Crippen LogP) is 1.69. The van der Waals surface area contributed by atoms with E-state index in [4.69, 9.17) is 14.5 Å². The smallest absolute Gasteiger partial charge is 0.191 e. The second-order valence-corrected chi connectivity index (χ2v) is 7.94. The van der Waals surface area contributed by atoms with E-state index in [2.05, 4.69) is 51.6 Å². The fourth-order valence-corrected chi connectivity index (χ4v) is 3.86. The summed E-state index contributed by atoms with van der Waals surface area (Å²) in [6.07, 6.45) is 2.35. The molecule has 0 aliphatic carbocycles. The monoisotopic (exact) mass is 417 g/mol. The zero-order chi connectivity index (χ0) is 20.9. The summed E-state index contributed by atoms with van der Waals surface area (Å²) in [5.74, 6) is 0.907. The summed E-state index contributed by atoms with van der Waals surface area (Å²) in [5.41, 5.74) is 2.66. The lowest BCUT2D eigenvalue weighted by Crippen LogP contribution is -2.39. The summed E-state index contributed by atoms with van der Waals surface area (Å²) in [4.78, 5) is 9.81. The number of morpholine rings is 2. The standard InChI is InChI=1S/C23H39N5O2/c1-2-24-23(25-9-5-6-10-27-11-15-29-16-12-27)26-19-21-7-3-4-8-22(21)20-28-13-17-30-18-14-28/h3-4,7-8H,2,5-6,9-20H2,1H3,(H2,24,25,26). The second-order valence-electron chi connectivity index (χ2n) is 7.94. The van der Waals surface area contributed by atoms with E-state index >= 15 is 0 Å². The first-order valence-electron chi connectivity index (χ1n) is 11.5. The number of benzene rings is 1. The number of guanidine groups is 1. The normalized spacial score (nSPS) is 19.0. The summed E-state index contributed by atoms with van der Waals surface area (Å²) in [6, 6.07) is 8.66. The van der Waals surface area contributed by atoms with Gasteiger partial charge in [0.25, 0.3) is 0 Å². The summed E-state index contributed by atoms with van der Waals surface area (Å²) >= 11 is 0. The van der Waals surface area contributed by atoms with Gasteiger partial charge in [0, 0.05) is 45.8 Å². The van der Waals surface area contributed by atoms with E-state index in [-0.39, 0.29) is 0 Å². The van der Waals surface area contributed by atoms with E-state index in [1.54, 1.807) is 0 Å². The Morgan fingerprint density at radius 1 is 0.900 bits per heavy atom. The molecule has 168 valence electrons. The molecule has 0 amide bonds. The Labute approximate surface area is 181 Å². The summed E-state index contributed by atoms with van der Waals surface area (Å²) < 4.78 is 10.9. The third kappa shape index (κ3) is 8.22. The van der Waals surface area contributed by atoms with Crippen LogP contribution in [-0.4, -0.2) is 88.0 Å². The highest BCUT2D eigenvalue weighted by Gasteiger charge is 2.13. The molecule has 2 heterocycles. The Morgan fingerprint density at radius 2 is 1.57 bits per heavy atom. The number of rotatable bonds is 10. The Hall–Kier alpha value is -1.67. The van der Waals surface area contributed by atoms with Gasteiger partial charge in [-0.2, -0.15) is 0 Å². The van der Waals surface area contributed by atoms with E-state index in [9.17, 15) is 0 Å². The molecule has 0 atom stereocenters. The first-order valence-corrected chi connectivity index (χ1v) is 11.5. The molecule has 0 unspecified atom stereocenters. The molecule has 2 aliphatic heterocycles. The highest BCUT2D eigenvalue weighted by atomic mass is 16.5. The molecule has 3 rings (SSSR count). The van der Waals surface area contributed by atoms with Gasteiger partial charge in [0.1, 0.15) is 0 Å². The molecule has 2 fully saturated rings. The molecule has 0 saturated carbocycles. The molecule has 1 aromatic rings. The van der Waals surface area contributed by atoms with Crippen molar-refractivity contribution in [3.63, 3.8) is 0 Å². The molecule has 30 heavy (non-hydrogen) atoms. The zero-order valence-corrected chi connectivity index (χ0v) is 18.6. The first kappa shape index (κ1) is 23.0. The predicted molar refractivity (Wildman–Crippen MR) is 122 cm³/mol. The third-order valence-electron chi connectivity index (χ3n) is 5.67. The Morgan fingerprint density at radius 3 is 2.27 bits per heavy atom. The minimum Gasteiger partial charge on any atom is -0.379 e. The van der Waals surface area contributed by atoms with Crippen LogP contribution in [0, 0.1) is 0 Å². The Balaban J connectivity index is 1.44. The summed E-state index contributed by atoms with van der Waals surface area (Å²) in [7, 11) is 0. The molecule has 1 aromatic carbocycles. The van der Waals surface area contributed by atoms with Crippen molar-refractivity contribution in [1.29, 1.82) is 0 Å². The van der Waals surface area contributed by atoms with Crippen molar-refractivity contribution in [2.24, 2.45) is 4.99 Å². The number of nitrogens with zero attached hydrogens (tertiary/aromatic N) is 3. The number of nitrogens with one attached hydrogen (secondary N) is 2. The van der Waals surface area contributed by atoms with E-state index in [0.29, 0.717) is 6.54 Å². The first-order chi connectivity index (χ1) is 14.8. The van der Waals surface area contributed by atoms with Crippen molar-refractivity contribution in [3.8, 4) is 0 Å². The molecule has 2 aliphatic rings. The number of hydrogen-bond donors (Lipinski definition) is 2. The SMILES string of the molecule is CCNC(=NCc1ccccc1CN1CCOCC1)NCCCCN1CCOCC1. The van der Waals surface area contributed by atoms with Crippen LogP contribution in [0.1, 0.15) is 30.9 Å². The molecule has 2 N–H and O–H groups in total. The highest BCUT2D eigenvalue weighted by molar-refractivity contribution is 5.79. The molecule has 2 saturated heterocycles. The van der Waals surface area contributed by atoms with Crippen molar-refractivity contribution in [2.75, 3.05) is 72.2 Å².